The Balaban J connectivity index is 3.02. The molecule has 2 nitrogen and oxygen atoms in total. The summed E-state index contributed by atoms with van der Waals surface area (Å²) in [4.78, 5) is 0. The molecule has 0 aliphatic rings. The average molecular weight is 182 g/mol. The molecule has 0 amide bonds. The summed E-state index contributed by atoms with van der Waals surface area (Å²) in [5, 5.41) is 1.40. The molecule has 0 aliphatic heterocycles. The summed E-state index contributed by atoms with van der Waals surface area (Å²) >= 11 is 0. The van der Waals surface area contributed by atoms with Crippen LogP contribution in [0.5, 0.6) is 11.5 Å². The fourth-order valence-corrected chi connectivity index (χ4v) is 1.84. The third kappa shape index (κ3) is 1.79. The second-order valence-electron chi connectivity index (χ2n) is 2.54. The standard InChI is InChI=1S/C9H14O2Si/c1-10-8-5-4-7(12-3)6-9(8)11-2/h4-6H,12H2,1-3H3. The van der Waals surface area contributed by atoms with Gasteiger partial charge in [-0.05, 0) is 12.1 Å². The van der Waals surface area contributed by atoms with Gasteiger partial charge in [0.05, 0.1) is 23.7 Å². The Bertz CT molecular complexity index is 261. The molecule has 0 atom stereocenters. The van der Waals surface area contributed by atoms with Crippen molar-refractivity contribution in [1.82, 2.24) is 0 Å². The van der Waals surface area contributed by atoms with E-state index in [4.69, 9.17) is 9.47 Å². The molecule has 1 aromatic rings. The van der Waals surface area contributed by atoms with Crippen molar-refractivity contribution in [2.24, 2.45) is 0 Å². The van der Waals surface area contributed by atoms with Crippen molar-refractivity contribution in [3.8, 4) is 11.5 Å². The van der Waals surface area contributed by atoms with Gasteiger partial charge in [0.25, 0.3) is 0 Å². The molecule has 0 saturated heterocycles. The predicted molar refractivity (Wildman–Crippen MR) is 53.6 cm³/mol. The Labute approximate surface area is 75.3 Å². The summed E-state index contributed by atoms with van der Waals surface area (Å²) in [5.41, 5.74) is 0. The van der Waals surface area contributed by atoms with Crippen LogP contribution in [0.15, 0.2) is 18.2 Å². The molecule has 3 heteroatoms. The van der Waals surface area contributed by atoms with E-state index in [1.54, 1.807) is 14.2 Å². The summed E-state index contributed by atoms with van der Waals surface area (Å²) in [5.74, 6) is 1.65. The summed E-state index contributed by atoms with van der Waals surface area (Å²) in [7, 11) is 3.22. The van der Waals surface area contributed by atoms with E-state index in [-0.39, 0.29) is 9.52 Å². The van der Waals surface area contributed by atoms with Gasteiger partial charge in [0, 0.05) is 0 Å². The molecule has 0 aromatic heterocycles. The monoisotopic (exact) mass is 182 g/mol. The maximum absolute atomic E-state index is 5.18. The molecule has 0 unspecified atom stereocenters. The number of benzene rings is 1. The first-order chi connectivity index (χ1) is 5.81. The van der Waals surface area contributed by atoms with Gasteiger partial charge in [-0.3, -0.25) is 0 Å². The van der Waals surface area contributed by atoms with Crippen molar-refractivity contribution in [3.05, 3.63) is 18.2 Å². The minimum atomic E-state index is -0.0986. The lowest BCUT2D eigenvalue weighted by Crippen LogP contribution is -2.10. The lowest BCUT2D eigenvalue weighted by molar-refractivity contribution is 0.355. The number of methoxy groups -OCH3 is 2. The molecular formula is C9H14O2Si. The maximum Gasteiger partial charge on any atom is 0.160 e. The van der Waals surface area contributed by atoms with Crippen LogP contribution in [0.2, 0.25) is 6.55 Å². The average Bonchev–Trinajstić information content (AvgIpc) is 2.16. The van der Waals surface area contributed by atoms with Crippen LogP contribution in [0.3, 0.4) is 0 Å². The van der Waals surface area contributed by atoms with Gasteiger partial charge in [-0.2, -0.15) is 0 Å². The van der Waals surface area contributed by atoms with Crippen molar-refractivity contribution in [1.29, 1.82) is 0 Å². The van der Waals surface area contributed by atoms with Crippen LogP contribution in [0, 0.1) is 0 Å². The Morgan fingerprint density at radius 2 is 1.75 bits per heavy atom. The van der Waals surface area contributed by atoms with E-state index in [1.807, 2.05) is 6.07 Å². The lowest BCUT2D eigenvalue weighted by atomic mass is 10.3. The van der Waals surface area contributed by atoms with Gasteiger partial charge in [-0.15, -0.1) is 0 Å². The van der Waals surface area contributed by atoms with Gasteiger partial charge in [0.1, 0.15) is 0 Å². The maximum atomic E-state index is 5.18. The van der Waals surface area contributed by atoms with Crippen LogP contribution in [-0.2, 0) is 0 Å². The molecule has 1 rings (SSSR count). The van der Waals surface area contributed by atoms with Crippen LogP contribution < -0.4 is 14.7 Å². The van der Waals surface area contributed by atoms with Gasteiger partial charge in [0.2, 0.25) is 0 Å². The molecule has 12 heavy (non-hydrogen) atoms. The normalized spacial score (nSPS) is 10.6. The molecule has 0 saturated carbocycles. The Kier molecular flexibility index (Phi) is 3.16. The molecule has 0 radical (unpaired) electrons. The molecule has 0 spiro atoms. The predicted octanol–water partition coefficient (Wildman–Crippen LogP) is 0.546. The Hall–Kier alpha value is -0.963. The Morgan fingerprint density at radius 1 is 1.08 bits per heavy atom. The summed E-state index contributed by atoms with van der Waals surface area (Å²) in [6.45, 7) is 2.25. The second-order valence-corrected chi connectivity index (χ2v) is 4.07. The first-order valence-corrected chi connectivity index (χ1v) is 6.14. The molecule has 0 N–H and O–H groups in total. The summed E-state index contributed by atoms with van der Waals surface area (Å²) in [6, 6.07) is 6.13. The van der Waals surface area contributed by atoms with Crippen LogP contribution >= 0.6 is 0 Å². The highest BCUT2D eigenvalue weighted by molar-refractivity contribution is 6.52. The number of ether oxygens (including phenoxy) is 2. The highest BCUT2D eigenvalue weighted by Crippen LogP contribution is 2.23. The third-order valence-corrected chi connectivity index (χ3v) is 3.11. The van der Waals surface area contributed by atoms with Crippen molar-refractivity contribution >= 4 is 14.7 Å². The van der Waals surface area contributed by atoms with E-state index in [0.717, 1.165) is 11.5 Å². The fraction of sp³-hybridized carbons (Fsp3) is 0.333. The van der Waals surface area contributed by atoms with Crippen LogP contribution in [-0.4, -0.2) is 23.7 Å². The van der Waals surface area contributed by atoms with Crippen LogP contribution in [0.1, 0.15) is 0 Å². The zero-order valence-corrected chi connectivity index (χ0v) is 9.17. The van der Waals surface area contributed by atoms with Crippen LogP contribution in [0.4, 0.5) is 0 Å². The lowest BCUT2D eigenvalue weighted by Gasteiger charge is -2.07. The SMILES string of the molecule is COc1ccc([SiH2]C)cc1OC. The van der Waals surface area contributed by atoms with Gasteiger partial charge >= 0.3 is 0 Å². The highest BCUT2D eigenvalue weighted by Gasteiger charge is 2.02. The molecule has 0 bridgehead atoms. The summed E-state index contributed by atoms with van der Waals surface area (Å²) < 4.78 is 10.3. The smallest absolute Gasteiger partial charge is 0.160 e. The molecule has 0 heterocycles. The number of rotatable bonds is 3. The Morgan fingerprint density at radius 3 is 2.25 bits per heavy atom. The minimum absolute atomic E-state index is 0.0986. The van der Waals surface area contributed by atoms with Crippen molar-refractivity contribution in [3.63, 3.8) is 0 Å². The van der Waals surface area contributed by atoms with E-state index in [1.165, 1.54) is 5.19 Å². The van der Waals surface area contributed by atoms with E-state index in [0.29, 0.717) is 0 Å². The molecule has 0 aliphatic carbocycles. The second kappa shape index (κ2) is 4.16. The van der Waals surface area contributed by atoms with E-state index < -0.39 is 0 Å². The van der Waals surface area contributed by atoms with Crippen LogP contribution in [0.25, 0.3) is 0 Å². The van der Waals surface area contributed by atoms with Gasteiger partial charge in [0.15, 0.2) is 11.5 Å². The fourth-order valence-electron chi connectivity index (χ4n) is 1.10. The van der Waals surface area contributed by atoms with Gasteiger partial charge in [-0.1, -0.05) is 17.8 Å². The molecule has 1 aromatic carbocycles. The zero-order chi connectivity index (χ0) is 8.97. The van der Waals surface area contributed by atoms with E-state index in [9.17, 15) is 0 Å². The third-order valence-electron chi connectivity index (χ3n) is 1.86. The summed E-state index contributed by atoms with van der Waals surface area (Å²) in [6.07, 6.45) is 0. The van der Waals surface area contributed by atoms with Gasteiger partial charge in [-0.25, -0.2) is 0 Å². The molecular weight excluding hydrogens is 168 g/mol. The first kappa shape index (κ1) is 9.13. The van der Waals surface area contributed by atoms with Gasteiger partial charge < -0.3 is 9.47 Å². The molecule has 0 fully saturated rings. The van der Waals surface area contributed by atoms with E-state index >= 15 is 0 Å². The quantitative estimate of drug-likeness (QED) is 0.635. The van der Waals surface area contributed by atoms with Crippen molar-refractivity contribution in [2.75, 3.05) is 14.2 Å². The number of hydrogen-bond donors (Lipinski definition) is 0. The van der Waals surface area contributed by atoms with Crippen molar-refractivity contribution in [2.45, 2.75) is 6.55 Å². The van der Waals surface area contributed by atoms with E-state index in [2.05, 4.69) is 18.7 Å². The zero-order valence-electron chi connectivity index (χ0n) is 7.76. The topological polar surface area (TPSA) is 18.5 Å². The molecule has 66 valence electrons. The largest absolute Gasteiger partial charge is 0.493 e. The van der Waals surface area contributed by atoms with Crippen molar-refractivity contribution < 1.29 is 9.47 Å². The minimum Gasteiger partial charge on any atom is -0.493 e. The number of hydrogen-bond acceptors (Lipinski definition) is 2. The first-order valence-electron chi connectivity index (χ1n) is 4.02. The highest BCUT2D eigenvalue weighted by atomic mass is 28.2.